The number of anilines is 1. The minimum Gasteiger partial charge on any atom is -0.389 e. The highest BCUT2D eigenvalue weighted by Gasteiger charge is 2.22. The second kappa shape index (κ2) is 5.40. The summed E-state index contributed by atoms with van der Waals surface area (Å²) >= 11 is 5.01. The van der Waals surface area contributed by atoms with E-state index >= 15 is 0 Å². The molecule has 1 aromatic heterocycles. The molecule has 0 bridgehead atoms. The molecular weight excluding hydrogens is 232 g/mol. The molecule has 1 fully saturated rings. The van der Waals surface area contributed by atoms with Gasteiger partial charge in [0, 0.05) is 6.04 Å². The Kier molecular flexibility index (Phi) is 3.89. The Morgan fingerprint density at radius 2 is 2.24 bits per heavy atom. The van der Waals surface area contributed by atoms with Crippen LogP contribution in [-0.4, -0.2) is 21.2 Å². The van der Waals surface area contributed by atoms with Crippen LogP contribution in [-0.2, 0) is 0 Å². The summed E-state index contributed by atoms with van der Waals surface area (Å²) in [6, 6.07) is 2.20. The molecule has 1 aromatic rings. The van der Waals surface area contributed by atoms with Gasteiger partial charge in [-0.05, 0) is 31.7 Å². The lowest BCUT2D eigenvalue weighted by atomic mass is 10.00. The number of rotatable bonds is 4. The molecule has 3 N–H and O–H groups in total. The van der Waals surface area contributed by atoms with Crippen LogP contribution in [0.2, 0.25) is 0 Å². The maximum Gasteiger partial charge on any atom is 0.159 e. The van der Waals surface area contributed by atoms with Crippen molar-refractivity contribution in [3.8, 4) is 0 Å². The first-order valence-corrected chi connectivity index (χ1v) is 6.47. The summed E-state index contributed by atoms with van der Waals surface area (Å²) in [5.74, 6) is 1.43. The van der Waals surface area contributed by atoms with E-state index in [1.54, 1.807) is 12.3 Å². The molecule has 0 aromatic carbocycles. The lowest BCUT2D eigenvalue weighted by Crippen LogP contribution is -2.26. The molecule has 4 nitrogen and oxygen atoms in total. The van der Waals surface area contributed by atoms with Gasteiger partial charge in [-0.15, -0.1) is 5.10 Å². The Balaban J connectivity index is 2.09. The van der Waals surface area contributed by atoms with Crippen molar-refractivity contribution in [3.63, 3.8) is 0 Å². The van der Waals surface area contributed by atoms with Crippen LogP contribution in [0, 0.1) is 5.92 Å². The van der Waals surface area contributed by atoms with Gasteiger partial charge in [-0.3, -0.25) is 0 Å². The molecule has 1 unspecified atom stereocenters. The molecule has 5 heteroatoms. The van der Waals surface area contributed by atoms with Crippen LogP contribution in [0.25, 0.3) is 0 Å². The number of nitrogens with zero attached hydrogens (tertiary/aromatic N) is 2. The largest absolute Gasteiger partial charge is 0.389 e. The van der Waals surface area contributed by atoms with E-state index in [1.807, 2.05) is 0 Å². The molecule has 17 heavy (non-hydrogen) atoms. The van der Waals surface area contributed by atoms with Crippen LogP contribution in [0.15, 0.2) is 12.3 Å². The normalized spacial score (nSPS) is 17.9. The zero-order valence-corrected chi connectivity index (χ0v) is 10.8. The summed E-state index contributed by atoms with van der Waals surface area (Å²) in [5, 5.41) is 11.4. The first-order chi connectivity index (χ1) is 8.18. The Morgan fingerprint density at radius 1 is 1.53 bits per heavy atom. The monoisotopic (exact) mass is 250 g/mol. The van der Waals surface area contributed by atoms with E-state index in [0.717, 1.165) is 11.5 Å². The minimum atomic E-state index is 0.362. The number of aromatic nitrogens is 2. The summed E-state index contributed by atoms with van der Waals surface area (Å²) in [5.41, 5.74) is 6.45. The van der Waals surface area contributed by atoms with Gasteiger partial charge in [0.2, 0.25) is 0 Å². The lowest BCUT2D eigenvalue weighted by molar-refractivity contribution is 0.480. The third kappa shape index (κ3) is 2.91. The van der Waals surface area contributed by atoms with Gasteiger partial charge in [0.05, 0.1) is 11.8 Å². The molecule has 0 saturated heterocycles. The van der Waals surface area contributed by atoms with E-state index < -0.39 is 0 Å². The summed E-state index contributed by atoms with van der Waals surface area (Å²) in [4.78, 5) is 0.362. The zero-order chi connectivity index (χ0) is 12.3. The molecule has 1 aliphatic carbocycles. The zero-order valence-electron chi connectivity index (χ0n) is 10.0. The minimum absolute atomic E-state index is 0.362. The second-order valence-electron chi connectivity index (χ2n) is 4.64. The van der Waals surface area contributed by atoms with Crippen LogP contribution in [0.5, 0.6) is 0 Å². The first kappa shape index (κ1) is 12.2. The maximum absolute atomic E-state index is 5.67. The smallest absolute Gasteiger partial charge is 0.159 e. The van der Waals surface area contributed by atoms with Gasteiger partial charge >= 0.3 is 0 Å². The number of thiocarbonyl (C=S) groups is 1. The fourth-order valence-corrected chi connectivity index (χ4v) is 2.59. The van der Waals surface area contributed by atoms with Crippen molar-refractivity contribution in [1.82, 2.24) is 10.2 Å². The summed E-state index contributed by atoms with van der Waals surface area (Å²) in [7, 11) is 0. The van der Waals surface area contributed by atoms with Crippen LogP contribution in [0.1, 0.15) is 38.2 Å². The quantitative estimate of drug-likeness (QED) is 0.801. The number of hydrogen-bond donors (Lipinski definition) is 2. The highest BCUT2D eigenvalue weighted by Crippen LogP contribution is 2.29. The van der Waals surface area contributed by atoms with E-state index in [2.05, 4.69) is 22.4 Å². The molecule has 0 amide bonds. The molecule has 1 saturated carbocycles. The Morgan fingerprint density at radius 3 is 2.88 bits per heavy atom. The van der Waals surface area contributed by atoms with Crippen molar-refractivity contribution in [1.29, 1.82) is 0 Å². The van der Waals surface area contributed by atoms with E-state index in [-0.39, 0.29) is 0 Å². The molecular formula is C12H18N4S. The average Bonchev–Trinajstić information content (AvgIpc) is 2.83. The highest BCUT2D eigenvalue weighted by molar-refractivity contribution is 7.80. The average molecular weight is 250 g/mol. The van der Waals surface area contributed by atoms with Crippen molar-refractivity contribution >= 4 is 23.0 Å². The van der Waals surface area contributed by atoms with Gasteiger partial charge in [0.15, 0.2) is 5.82 Å². The van der Waals surface area contributed by atoms with Gasteiger partial charge < -0.3 is 11.1 Å². The standard InChI is InChI=1S/C12H18N4S/c1-8(9-4-2-3-5-9)15-12-10(11(13)17)6-7-14-16-12/h6-9H,2-5H2,1H3,(H2,13,17)(H,15,16). The van der Waals surface area contributed by atoms with Gasteiger partial charge in [-0.25, -0.2) is 0 Å². The van der Waals surface area contributed by atoms with Crippen LogP contribution < -0.4 is 11.1 Å². The Bertz CT molecular complexity index is 401. The number of hydrogen-bond acceptors (Lipinski definition) is 4. The molecule has 0 aliphatic heterocycles. The van der Waals surface area contributed by atoms with Gasteiger partial charge in [-0.1, -0.05) is 25.1 Å². The predicted molar refractivity (Wildman–Crippen MR) is 73.0 cm³/mol. The van der Waals surface area contributed by atoms with Crippen molar-refractivity contribution in [2.75, 3.05) is 5.32 Å². The SMILES string of the molecule is CC(Nc1nnccc1C(N)=S)C1CCCC1. The summed E-state index contributed by atoms with van der Waals surface area (Å²) in [6.07, 6.45) is 6.85. The molecule has 1 aliphatic rings. The van der Waals surface area contributed by atoms with Crippen molar-refractivity contribution in [2.24, 2.45) is 11.7 Å². The third-order valence-corrected chi connectivity index (χ3v) is 3.68. The van der Waals surface area contributed by atoms with E-state index in [4.69, 9.17) is 18.0 Å². The van der Waals surface area contributed by atoms with Gasteiger partial charge in [-0.2, -0.15) is 5.10 Å². The maximum atomic E-state index is 5.67. The van der Waals surface area contributed by atoms with Crippen LogP contribution in [0.3, 0.4) is 0 Å². The van der Waals surface area contributed by atoms with Crippen LogP contribution in [0.4, 0.5) is 5.82 Å². The molecule has 1 atom stereocenters. The fourth-order valence-electron chi connectivity index (χ4n) is 2.43. The first-order valence-electron chi connectivity index (χ1n) is 6.06. The molecule has 1 heterocycles. The summed E-state index contributed by atoms with van der Waals surface area (Å²) in [6.45, 7) is 2.19. The molecule has 2 rings (SSSR count). The van der Waals surface area contributed by atoms with Gasteiger partial charge in [0.1, 0.15) is 4.99 Å². The number of nitrogens with one attached hydrogen (secondary N) is 1. The third-order valence-electron chi connectivity index (χ3n) is 3.46. The molecule has 92 valence electrons. The van der Waals surface area contributed by atoms with Crippen LogP contribution >= 0.6 is 12.2 Å². The topological polar surface area (TPSA) is 63.8 Å². The van der Waals surface area contributed by atoms with E-state index in [9.17, 15) is 0 Å². The second-order valence-corrected chi connectivity index (χ2v) is 5.08. The highest BCUT2D eigenvalue weighted by atomic mass is 32.1. The predicted octanol–water partition coefficient (Wildman–Crippen LogP) is 2.10. The Hall–Kier alpha value is -1.23. The van der Waals surface area contributed by atoms with Crippen molar-refractivity contribution in [3.05, 3.63) is 17.8 Å². The van der Waals surface area contributed by atoms with Gasteiger partial charge in [0.25, 0.3) is 0 Å². The van der Waals surface area contributed by atoms with E-state index in [1.165, 1.54) is 25.7 Å². The summed E-state index contributed by atoms with van der Waals surface area (Å²) < 4.78 is 0. The fraction of sp³-hybridized carbons (Fsp3) is 0.583. The Labute approximate surface area is 107 Å². The van der Waals surface area contributed by atoms with E-state index in [0.29, 0.717) is 16.8 Å². The van der Waals surface area contributed by atoms with Crippen molar-refractivity contribution in [2.45, 2.75) is 38.6 Å². The number of nitrogens with two attached hydrogens (primary N) is 1. The lowest BCUT2D eigenvalue weighted by Gasteiger charge is -2.21. The van der Waals surface area contributed by atoms with Crippen molar-refractivity contribution < 1.29 is 0 Å². The molecule has 0 spiro atoms. The molecule has 0 radical (unpaired) electrons.